The number of carbonyl (C=O) groups excluding carboxylic acids is 1. The zero-order chi connectivity index (χ0) is 20.9. The van der Waals surface area contributed by atoms with E-state index in [1.165, 1.54) is 17.0 Å². The fourth-order valence-electron chi connectivity index (χ4n) is 2.99. The van der Waals surface area contributed by atoms with Crippen LogP contribution in [-0.4, -0.2) is 37.5 Å². The molecular formula is C20H28F3N3O. The van der Waals surface area contributed by atoms with Gasteiger partial charge in [0.05, 0.1) is 17.2 Å². The first-order valence-corrected chi connectivity index (χ1v) is 9.03. The monoisotopic (exact) mass is 383 g/mol. The van der Waals surface area contributed by atoms with Gasteiger partial charge in [-0.2, -0.15) is 18.4 Å². The van der Waals surface area contributed by atoms with Crippen LogP contribution in [0.25, 0.3) is 0 Å². The Balaban J connectivity index is 3.58. The minimum atomic E-state index is -4.64. The van der Waals surface area contributed by atoms with E-state index in [1.807, 2.05) is 27.7 Å². The van der Waals surface area contributed by atoms with Gasteiger partial charge in [-0.15, -0.1) is 0 Å². The Morgan fingerprint density at radius 3 is 2.22 bits per heavy atom. The molecule has 1 amide bonds. The molecule has 7 heteroatoms. The van der Waals surface area contributed by atoms with Crippen molar-refractivity contribution in [1.82, 2.24) is 4.90 Å². The van der Waals surface area contributed by atoms with Gasteiger partial charge in [-0.25, -0.2) is 0 Å². The highest BCUT2D eigenvalue weighted by Crippen LogP contribution is 2.36. The summed E-state index contributed by atoms with van der Waals surface area (Å²) in [5.41, 5.74) is -1.10. The zero-order valence-corrected chi connectivity index (χ0v) is 16.8. The van der Waals surface area contributed by atoms with Crippen LogP contribution in [0.4, 0.5) is 18.9 Å². The van der Waals surface area contributed by atoms with Crippen LogP contribution in [0.1, 0.15) is 45.2 Å². The number of rotatable bonds is 7. The summed E-state index contributed by atoms with van der Waals surface area (Å²) in [6, 6.07) is 4.68. The molecule has 0 aliphatic carbocycles. The number of amides is 1. The first-order valence-electron chi connectivity index (χ1n) is 9.03. The Kier molecular flexibility index (Phi) is 7.70. The summed E-state index contributed by atoms with van der Waals surface area (Å²) in [6.07, 6.45) is -3.93. The molecule has 1 aromatic rings. The topological polar surface area (TPSA) is 47.3 Å². The molecule has 0 aliphatic rings. The number of benzene rings is 1. The molecule has 1 aromatic carbocycles. The van der Waals surface area contributed by atoms with Crippen LogP contribution in [0.2, 0.25) is 0 Å². The van der Waals surface area contributed by atoms with Gasteiger partial charge in [0.15, 0.2) is 0 Å². The van der Waals surface area contributed by atoms with E-state index in [2.05, 4.69) is 0 Å². The van der Waals surface area contributed by atoms with Crippen molar-refractivity contribution in [1.29, 1.82) is 5.26 Å². The van der Waals surface area contributed by atoms with Crippen LogP contribution in [0.15, 0.2) is 18.2 Å². The van der Waals surface area contributed by atoms with Gasteiger partial charge >= 0.3 is 6.18 Å². The minimum absolute atomic E-state index is 0.0522. The molecule has 150 valence electrons. The first-order chi connectivity index (χ1) is 12.4. The lowest BCUT2D eigenvalue weighted by molar-refractivity contribution is -0.137. The molecule has 0 heterocycles. The van der Waals surface area contributed by atoms with E-state index in [0.717, 1.165) is 6.07 Å². The van der Waals surface area contributed by atoms with Crippen molar-refractivity contribution in [3.8, 4) is 6.07 Å². The molecule has 1 unspecified atom stereocenters. The van der Waals surface area contributed by atoms with Crippen LogP contribution < -0.4 is 4.90 Å². The van der Waals surface area contributed by atoms with Crippen molar-refractivity contribution in [2.75, 3.05) is 25.5 Å². The summed E-state index contributed by atoms with van der Waals surface area (Å²) in [7, 11) is 3.29. The van der Waals surface area contributed by atoms with Gasteiger partial charge in [0, 0.05) is 26.3 Å². The summed E-state index contributed by atoms with van der Waals surface area (Å²) in [6.45, 7) is 8.21. The van der Waals surface area contributed by atoms with Crippen molar-refractivity contribution in [2.45, 2.75) is 46.3 Å². The number of carbonyl (C=O) groups is 1. The van der Waals surface area contributed by atoms with E-state index in [1.54, 1.807) is 25.1 Å². The molecule has 2 atom stereocenters. The molecule has 0 saturated heterocycles. The lowest BCUT2D eigenvalue weighted by atomic mass is 9.94. The Morgan fingerprint density at radius 2 is 1.81 bits per heavy atom. The molecule has 0 fully saturated rings. The molecule has 27 heavy (non-hydrogen) atoms. The standard InChI is InChI=1S/C20H28F3N3O/c1-7-14(4)18(19(27)25(5)6)26(12-13(2)3)16-9-8-15(11-24)17(10-16)20(21,22)23/h8-10,13-14,18H,7,12H2,1-6H3/t14?,18-/m0/s1. The second-order valence-electron chi connectivity index (χ2n) is 7.45. The lowest BCUT2D eigenvalue weighted by Gasteiger charge is -2.39. The number of hydrogen-bond donors (Lipinski definition) is 0. The normalized spacial score (nSPS) is 13.8. The Hall–Kier alpha value is -2.23. The fourth-order valence-corrected chi connectivity index (χ4v) is 2.99. The van der Waals surface area contributed by atoms with Crippen LogP contribution in [0.5, 0.6) is 0 Å². The van der Waals surface area contributed by atoms with Gasteiger partial charge in [0.2, 0.25) is 5.91 Å². The molecule has 4 nitrogen and oxygen atoms in total. The molecule has 0 saturated carbocycles. The third kappa shape index (κ3) is 5.62. The Bertz CT molecular complexity index is 693. The maximum atomic E-state index is 13.4. The number of halogens is 3. The van der Waals surface area contributed by atoms with Gasteiger partial charge in [-0.3, -0.25) is 4.79 Å². The van der Waals surface area contributed by atoms with Crippen LogP contribution in [0, 0.1) is 23.2 Å². The average molecular weight is 383 g/mol. The zero-order valence-electron chi connectivity index (χ0n) is 16.8. The maximum absolute atomic E-state index is 13.4. The van der Waals surface area contributed by atoms with Gasteiger partial charge in [0.25, 0.3) is 0 Å². The van der Waals surface area contributed by atoms with Crippen LogP contribution in [0.3, 0.4) is 0 Å². The summed E-state index contributed by atoms with van der Waals surface area (Å²) in [5, 5.41) is 9.03. The molecule has 0 N–H and O–H groups in total. The highest BCUT2D eigenvalue weighted by atomic mass is 19.4. The predicted octanol–water partition coefficient (Wildman–Crippen LogP) is 4.54. The molecule has 0 radical (unpaired) electrons. The number of anilines is 1. The van der Waals surface area contributed by atoms with Crippen LogP contribution in [-0.2, 0) is 11.0 Å². The van der Waals surface area contributed by atoms with E-state index in [4.69, 9.17) is 5.26 Å². The third-order valence-electron chi connectivity index (χ3n) is 4.54. The first kappa shape index (κ1) is 22.8. The molecular weight excluding hydrogens is 355 g/mol. The predicted molar refractivity (Wildman–Crippen MR) is 100 cm³/mol. The maximum Gasteiger partial charge on any atom is 0.417 e. The Labute approximate surface area is 159 Å². The average Bonchev–Trinajstić information content (AvgIpc) is 2.58. The van der Waals surface area contributed by atoms with E-state index >= 15 is 0 Å². The van der Waals surface area contributed by atoms with Crippen molar-refractivity contribution in [3.63, 3.8) is 0 Å². The lowest BCUT2D eigenvalue weighted by Crippen LogP contribution is -2.51. The molecule has 0 bridgehead atoms. The van der Waals surface area contributed by atoms with E-state index in [9.17, 15) is 18.0 Å². The minimum Gasteiger partial charge on any atom is -0.359 e. The van der Waals surface area contributed by atoms with Crippen molar-refractivity contribution in [2.24, 2.45) is 11.8 Å². The number of nitrogens with zero attached hydrogens (tertiary/aromatic N) is 3. The van der Waals surface area contributed by atoms with Gasteiger partial charge in [-0.05, 0) is 30.0 Å². The molecule has 1 rings (SSSR count). The quantitative estimate of drug-likeness (QED) is 0.694. The second-order valence-corrected chi connectivity index (χ2v) is 7.45. The number of hydrogen-bond acceptors (Lipinski definition) is 3. The van der Waals surface area contributed by atoms with Gasteiger partial charge in [-0.1, -0.05) is 34.1 Å². The Morgan fingerprint density at radius 1 is 1.22 bits per heavy atom. The summed E-state index contributed by atoms with van der Waals surface area (Å²) >= 11 is 0. The summed E-state index contributed by atoms with van der Waals surface area (Å²) in [5.74, 6) is -0.0666. The smallest absolute Gasteiger partial charge is 0.359 e. The summed E-state index contributed by atoms with van der Waals surface area (Å²) in [4.78, 5) is 16.1. The number of likely N-dealkylation sites (N-methyl/N-ethyl adjacent to an activating group) is 1. The highest BCUT2D eigenvalue weighted by molar-refractivity contribution is 5.85. The summed E-state index contributed by atoms with van der Waals surface area (Å²) < 4.78 is 40.2. The molecule has 0 aliphatic heterocycles. The van der Waals surface area contributed by atoms with Crippen molar-refractivity contribution in [3.05, 3.63) is 29.3 Å². The third-order valence-corrected chi connectivity index (χ3v) is 4.54. The highest BCUT2D eigenvalue weighted by Gasteiger charge is 2.36. The van der Waals surface area contributed by atoms with Gasteiger partial charge < -0.3 is 9.80 Å². The number of alkyl halides is 3. The SMILES string of the molecule is CCC(C)[C@@H](C(=O)N(C)C)N(CC(C)C)c1ccc(C#N)c(C(F)(F)F)c1. The number of nitriles is 1. The van der Waals surface area contributed by atoms with E-state index in [-0.39, 0.29) is 17.7 Å². The van der Waals surface area contributed by atoms with Gasteiger partial charge in [0.1, 0.15) is 6.04 Å². The molecule has 0 spiro atoms. The fraction of sp³-hybridized carbons (Fsp3) is 0.600. The van der Waals surface area contributed by atoms with E-state index < -0.39 is 23.3 Å². The van der Waals surface area contributed by atoms with Crippen molar-refractivity contribution < 1.29 is 18.0 Å². The molecule has 0 aromatic heterocycles. The van der Waals surface area contributed by atoms with Crippen LogP contribution >= 0.6 is 0 Å². The largest absolute Gasteiger partial charge is 0.417 e. The second kappa shape index (κ2) is 9.12. The van der Waals surface area contributed by atoms with Crippen molar-refractivity contribution >= 4 is 11.6 Å². The van der Waals surface area contributed by atoms with E-state index in [0.29, 0.717) is 18.7 Å².